The van der Waals surface area contributed by atoms with Gasteiger partial charge in [-0.3, -0.25) is 4.98 Å². The van der Waals surface area contributed by atoms with Crippen LogP contribution < -0.4 is 14.8 Å². The number of hydrogen-bond donors (Lipinski definition) is 1. The zero-order valence-corrected chi connectivity index (χ0v) is 19.6. The molecule has 0 unspecified atom stereocenters. The highest BCUT2D eigenvalue weighted by molar-refractivity contribution is 6.32. The minimum absolute atomic E-state index is 0.00337. The monoisotopic (exact) mass is 463 g/mol. The minimum Gasteiger partial charge on any atom is -0.489 e. The van der Waals surface area contributed by atoms with Gasteiger partial charge in [0.25, 0.3) is 0 Å². The molecular formula is C25H26ClN5O2. The summed E-state index contributed by atoms with van der Waals surface area (Å²) >= 11 is 6.48. The maximum absolute atomic E-state index is 6.48. The van der Waals surface area contributed by atoms with Gasteiger partial charge in [-0.1, -0.05) is 23.7 Å². The first kappa shape index (κ1) is 22.8. The van der Waals surface area contributed by atoms with Gasteiger partial charge in [-0.05, 0) is 63.5 Å². The van der Waals surface area contributed by atoms with Crippen LogP contribution in [0.3, 0.4) is 0 Å². The molecule has 0 radical (unpaired) electrons. The van der Waals surface area contributed by atoms with E-state index < -0.39 is 0 Å². The number of hydrogen-bond acceptors (Lipinski definition) is 7. The van der Waals surface area contributed by atoms with Gasteiger partial charge in [0.1, 0.15) is 36.4 Å². The number of benzene rings is 2. The highest BCUT2D eigenvalue weighted by atomic mass is 35.5. The SMILES string of the molecule is C[C@@H](CN(C)C)Oc1cccc2ncnc(Nc3ccc(OCc4ccccn4)c(Cl)c3)c12. The average Bonchev–Trinajstić information content (AvgIpc) is 2.79. The summed E-state index contributed by atoms with van der Waals surface area (Å²) < 4.78 is 12.0. The molecule has 2 aromatic heterocycles. The first-order valence-electron chi connectivity index (χ1n) is 10.6. The molecule has 4 aromatic rings. The van der Waals surface area contributed by atoms with Crippen LogP contribution in [0.4, 0.5) is 11.5 Å². The van der Waals surface area contributed by atoms with Crippen molar-refractivity contribution >= 4 is 34.0 Å². The van der Waals surface area contributed by atoms with E-state index in [4.69, 9.17) is 21.1 Å². The number of nitrogens with zero attached hydrogens (tertiary/aromatic N) is 4. The van der Waals surface area contributed by atoms with Gasteiger partial charge in [0, 0.05) is 18.4 Å². The van der Waals surface area contributed by atoms with E-state index in [9.17, 15) is 0 Å². The van der Waals surface area contributed by atoms with Crippen molar-refractivity contribution < 1.29 is 9.47 Å². The maximum atomic E-state index is 6.48. The number of pyridine rings is 1. The third-order valence-corrected chi connectivity index (χ3v) is 5.17. The minimum atomic E-state index is 0.00337. The quantitative estimate of drug-likeness (QED) is 0.359. The molecule has 2 heterocycles. The van der Waals surface area contributed by atoms with E-state index in [1.165, 1.54) is 6.33 Å². The van der Waals surface area contributed by atoms with Crippen molar-refractivity contribution in [2.24, 2.45) is 0 Å². The molecule has 33 heavy (non-hydrogen) atoms. The van der Waals surface area contributed by atoms with Crippen LogP contribution in [0.5, 0.6) is 11.5 Å². The van der Waals surface area contributed by atoms with Gasteiger partial charge in [-0.15, -0.1) is 0 Å². The molecule has 0 aliphatic rings. The Morgan fingerprint density at radius 3 is 2.64 bits per heavy atom. The van der Waals surface area contributed by atoms with Crippen LogP contribution in [0.1, 0.15) is 12.6 Å². The summed E-state index contributed by atoms with van der Waals surface area (Å²) in [5.74, 6) is 1.96. The fraction of sp³-hybridized carbons (Fsp3) is 0.240. The second-order valence-corrected chi connectivity index (χ2v) is 8.35. The summed E-state index contributed by atoms with van der Waals surface area (Å²) in [6.07, 6.45) is 3.27. The van der Waals surface area contributed by atoms with Crippen molar-refractivity contribution in [2.45, 2.75) is 19.6 Å². The van der Waals surface area contributed by atoms with Crippen LogP contribution >= 0.6 is 11.6 Å². The molecule has 0 bridgehead atoms. The molecule has 2 aromatic carbocycles. The van der Waals surface area contributed by atoms with Crippen molar-refractivity contribution in [1.82, 2.24) is 19.9 Å². The maximum Gasteiger partial charge on any atom is 0.145 e. The third-order valence-electron chi connectivity index (χ3n) is 4.87. The van der Waals surface area contributed by atoms with E-state index in [1.54, 1.807) is 12.3 Å². The number of likely N-dealkylation sites (N-methyl/N-ethyl adjacent to an activating group) is 1. The molecule has 0 saturated carbocycles. The van der Waals surface area contributed by atoms with Gasteiger partial charge in [0.15, 0.2) is 0 Å². The standard InChI is InChI=1S/C25H26ClN5O2/c1-17(14-31(2)3)33-23-9-6-8-21-24(23)25(29-16-28-21)30-18-10-11-22(20(26)13-18)32-15-19-7-4-5-12-27-19/h4-13,16-17H,14-15H2,1-3H3,(H,28,29,30)/t17-/m0/s1. The zero-order valence-electron chi connectivity index (χ0n) is 18.8. The lowest BCUT2D eigenvalue weighted by molar-refractivity contribution is 0.179. The van der Waals surface area contributed by atoms with E-state index in [0.717, 1.165) is 34.6 Å². The van der Waals surface area contributed by atoms with Crippen LogP contribution in [-0.2, 0) is 6.61 Å². The number of nitrogens with one attached hydrogen (secondary N) is 1. The third kappa shape index (κ3) is 5.88. The predicted octanol–water partition coefficient (Wildman–Crippen LogP) is 5.33. The van der Waals surface area contributed by atoms with Crippen molar-refractivity contribution in [2.75, 3.05) is 26.0 Å². The summed E-state index contributed by atoms with van der Waals surface area (Å²) in [6, 6.07) is 17.0. The zero-order chi connectivity index (χ0) is 23.2. The number of fused-ring (bicyclic) bond motifs is 1. The molecule has 4 rings (SSSR count). The van der Waals surface area contributed by atoms with Gasteiger partial charge < -0.3 is 19.7 Å². The second kappa shape index (κ2) is 10.5. The molecule has 0 amide bonds. The first-order valence-corrected chi connectivity index (χ1v) is 11.0. The van der Waals surface area contributed by atoms with E-state index in [1.807, 2.05) is 69.6 Å². The Hall–Kier alpha value is -3.42. The number of halogens is 1. The number of ether oxygens (including phenoxy) is 2. The molecule has 0 aliphatic carbocycles. The largest absolute Gasteiger partial charge is 0.489 e. The molecule has 170 valence electrons. The molecule has 0 aliphatic heterocycles. The van der Waals surface area contributed by atoms with E-state index >= 15 is 0 Å². The Kier molecular flexibility index (Phi) is 7.22. The second-order valence-electron chi connectivity index (χ2n) is 7.94. The van der Waals surface area contributed by atoms with Gasteiger partial charge in [0.2, 0.25) is 0 Å². The highest BCUT2D eigenvalue weighted by Gasteiger charge is 2.14. The molecule has 1 atom stereocenters. The molecular weight excluding hydrogens is 438 g/mol. The summed E-state index contributed by atoms with van der Waals surface area (Å²) in [5.41, 5.74) is 2.41. The van der Waals surface area contributed by atoms with Crippen LogP contribution in [0, 0.1) is 0 Å². The predicted molar refractivity (Wildman–Crippen MR) is 131 cm³/mol. The molecule has 1 N–H and O–H groups in total. The Bertz CT molecular complexity index is 1210. The number of aromatic nitrogens is 3. The molecule has 7 nitrogen and oxygen atoms in total. The molecule has 0 fully saturated rings. The summed E-state index contributed by atoms with van der Waals surface area (Å²) in [4.78, 5) is 15.2. The van der Waals surface area contributed by atoms with Gasteiger partial charge >= 0.3 is 0 Å². The topological polar surface area (TPSA) is 72.4 Å². The van der Waals surface area contributed by atoms with E-state index in [2.05, 4.69) is 25.2 Å². The van der Waals surface area contributed by atoms with Crippen LogP contribution in [0.2, 0.25) is 5.02 Å². The molecule has 0 spiro atoms. The van der Waals surface area contributed by atoms with Crippen molar-refractivity contribution in [3.8, 4) is 11.5 Å². The fourth-order valence-corrected chi connectivity index (χ4v) is 3.74. The van der Waals surface area contributed by atoms with Crippen molar-refractivity contribution in [1.29, 1.82) is 0 Å². The Labute approximate surface area is 198 Å². The van der Waals surface area contributed by atoms with Gasteiger partial charge in [-0.25, -0.2) is 9.97 Å². The van der Waals surface area contributed by atoms with Gasteiger partial charge in [-0.2, -0.15) is 0 Å². The Balaban J connectivity index is 1.55. The van der Waals surface area contributed by atoms with Gasteiger partial charge in [0.05, 0.1) is 21.6 Å². The van der Waals surface area contributed by atoms with Crippen molar-refractivity contribution in [3.05, 3.63) is 77.8 Å². The summed E-state index contributed by atoms with van der Waals surface area (Å²) in [5, 5.41) is 4.66. The van der Waals surface area contributed by atoms with E-state index in [-0.39, 0.29) is 6.10 Å². The average molecular weight is 464 g/mol. The lowest BCUT2D eigenvalue weighted by Crippen LogP contribution is -2.28. The fourth-order valence-electron chi connectivity index (χ4n) is 3.51. The first-order chi connectivity index (χ1) is 16.0. The lowest BCUT2D eigenvalue weighted by Gasteiger charge is -2.20. The lowest BCUT2D eigenvalue weighted by atomic mass is 10.2. The number of anilines is 2. The van der Waals surface area contributed by atoms with Crippen LogP contribution in [0.25, 0.3) is 10.9 Å². The summed E-state index contributed by atoms with van der Waals surface area (Å²) in [6.45, 7) is 3.18. The Morgan fingerprint density at radius 2 is 1.88 bits per heavy atom. The van der Waals surface area contributed by atoms with Crippen LogP contribution in [-0.4, -0.2) is 46.6 Å². The Morgan fingerprint density at radius 1 is 1.00 bits per heavy atom. The smallest absolute Gasteiger partial charge is 0.145 e. The molecule has 8 heteroatoms. The van der Waals surface area contributed by atoms with Crippen molar-refractivity contribution in [3.63, 3.8) is 0 Å². The normalized spacial score (nSPS) is 12.0. The molecule has 0 saturated heterocycles. The van der Waals surface area contributed by atoms with Crippen LogP contribution in [0.15, 0.2) is 67.1 Å². The highest BCUT2D eigenvalue weighted by Crippen LogP contribution is 2.34. The van der Waals surface area contributed by atoms with E-state index in [0.29, 0.717) is 23.2 Å². The summed E-state index contributed by atoms with van der Waals surface area (Å²) in [7, 11) is 4.04. The number of rotatable bonds is 9.